The SMILES string of the molecule is CC(C)(C)N(C[C@@H](N)Cc1c[nH]c2ccccc12)C(=O)O. The Balaban J connectivity index is 2.11. The molecule has 0 fully saturated rings. The molecule has 0 aliphatic carbocycles. The fraction of sp³-hybridized carbons (Fsp3) is 0.438. The molecule has 5 nitrogen and oxygen atoms in total. The minimum absolute atomic E-state index is 0.237. The minimum atomic E-state index is -0.933. The number of fused-ring (bicyclic) bond motifs is 1. The van der Waals surface area contributed by atoms with Crippen molar-refractivity contribution in [1.29, 1.82) is 0 Å². The Bertz CT molecular complexity index is 628. The van der Waals surface area contributed by atoms with Gasteiger partial charge in [0.25, 0.3) is 0 Å². The zero-order valence-electron chi connectivity index (χ0n) is 12.8. The van der Waals surface area contributed by atoms with E-state index in [1.807, 2.05) is 51.2 Å². The average Bonchev–Trinajstić information content (AvgIpc) is 2.78. The first-order valence-corrected chi connectivity index (χ1v) is 7.10. The van der Waals surface area contributed by atoms with Crippen molar-refractivity contribution in [1.82, 2.24) is 9.88 Å². The zero-order chi connectivity index (χ0) is 15.6. The van der Waals surface area contributed by atoms with Gasteiger partial charge in [-0.05, 0) is 38.8 Å². The topological polar surface area (TPSA) is 82.3 Å². The number of aromatic amines is 1. The third-order valence-corrected chi connectivity index (χ3v) is 3.61. The van der Waals surface area contributed by atoms with Crippen LogP contribution in [0.1, 0.15) is 26.3 Å². The molecule has 2 rings (SSSR count). The van der Waals surface area contributed by atoms with Gasteiger partial charge in [0.2, 0.25) is 0 Å². The molecule has 0 radical (unpaired) electrons. The van der Waals surface area contributed by atoms with Gasteiger partial charge in [-0.3, -0.25) is 0 Å². The van der Waals surface area contributed by atoms with Crippen molar-refractivity contribution in [2.75, 3.05) is 6.54 Å². The van der Waals surface area contributed by atoms with Gasteiger partial charge in [-0.15, -0.1) is 0 Å². The first kappa shape index (κ1) is 15.4. The van der Waals surface area contributed by atoms with Crippen LogP contribution in [0.5, 0.6) is 0 Å². The highest BCUT2D eigenvalue weighted by atomic mass is 16.4. The first-order chi connectivity index (χ1) is 9.79. The van der Waals surface area contributed by atoms with E-state index in [-0.39, 0.29) is 6.04 Å². The van der Waals surface area contributed by atoms with E-state index in [1.54, 1.807) is 0 Å². The number of rotatable bonds is 4. The third kappa shape index (κ3) is 3.55. The lowest BCUT2D eigenvalue weighted by Gasteiger charge is -2.35. The van der Waals surface area contributed by atoms with Gasteiger partial charge in [0.05, 0.1) is 0 Å². The molecule has 0 spiro atoms. The number of nitrogens with two attached hydrogens (primary N) is 1. The number of carboxylic acid groups (broad SMARTS) is 1. The fourth-order valence-electron chi connectivity index (χ4n) is 2.52. The highest BCUT2D eigenvalue weighted by Crippen LogP contribution is 2.20. The van der Waals surface area contributed by atoms with Crippen molar-refractivity contribution in [3.63, 3.8) is 0 Å². The maximum absolute atomic E-state index is 11.4. The summed E-state index contributed by atoms with van der Waals surface area (Å²) < 4.78 is 0. The van der Waals surface area contributed by atoms with E-state index < -0.39 is 11.6 Å². The second kappa shape index (κ2) is 5.77. The number of para-hydroxylation sites is 1. The maximum Gasteiger partial charge on any atom is 0.407 e. The molecular weight excluding hydrogens is 266 g/mol. The lowest BCUT2D eigenvalue weighted by atomic mass is 10.0. The van der Waals surface area contributed by atoms with Crippen molar-refractivity contribution in [3.05, 3.63) is 36.0 Å². The maximum atomic E-state index is 11.4. The van der Waals surface area contributed by atoms with Gasteiger partial charge in [0.15, 0.2) is 0 Å². The fourth-order valence-corrected chi connectivity index (χ4v) is 2.52. The molecule has 0 unspecified atom stereocenters. The van der Waals surface area contributed by atoms with Crippen LogP contribution in [0.15, 0.2) is 30.5 Å². The molecule has 5 heteroatoms. The van der Waals surface area contributed by atoms with E-state index in [0.29, 0.717) is 13.0 Å². The van der Waals surface area contributed by atoms with Gasteiger partial charge in [0, 0.05) is 35.2 Å². The minimum Gasteiger partial charge on any atom is -0.465 e. The van der Waals surface area contributed by atoms with Gasteiger partial charge >= 0.3 is 6.09 Å². The molecule has 114 valence electrons. The molecule has 4 N–H and O–H groups in total. The number of aromatic nitrogens is 1. The summed E-state index contributed by atoms with van der Waals surface area (Å²) in [4.78, 5) is 16.0. The number of nitrogens with one attached hydrogen (secondary N) is 1. The summed E-state index contributed by atoms with van der Waals surface area (Å²) in [6.07, 6.45) is 1.66. The number of nitrogens with zero attached hydrogens (tertiary/aromatic N) is 1. The number of H-pyrrole nitrogens is 1. The molecule has 21 heavy (non-hydrogen) atoms. The smallest absolute Gasteiger partial charge is 0.407 e. The Kier molecular flexibility index (Phi) is 4.23. The highest BCUT2D eigenvalue weighted by molar-refractivity contribution is 5.83. The van der Waals surface area contributed by atoms with E-state index in [1.165, 1.54) is 4.90 Å². The molecule has 2 aromatic rings. The van der Waals surface area contributed by atoms with Crippen LogP contribution in [0.3, 0.4) is 0 Å². The Morgan fingerprint density at radius 3 is 2.67 bits per heavy atom. The summed E-state index contributed by atoms with van der Waals surface area (Å²) in [6.45, 7) is 5.94. The first-order valence-electron chi connectivity index (χ1n) is 7.10. The second-order valence-corrected chi connectivity index (χ2v) is 6.39. The predicted octanol–water partition coefficient (Wildman–Crippen LogP) is 2.82. The number of hydrogen-bond donors (Lipinski definition) is 3. The molecule has 0 saturated carbocycles. The summed E-state index contributed by atoms with van der Waals surface area (Å²) in [5.41, 5.74) is 7.91. The summed E-state index contributed by atoms with van der Waals surface area (Å²) >= 11 is 0. The predicted molar refractivity (Wildman–Crippen MR) is 84.5 cm³/mol. The van der Waals surface area contributed by atoms with Crippen LogP contribution in [0, 0.1) is 0 Å². The molecule has 0 aliphatic rings. The van der Waals surface area contributed by atoms with Gasteiger partial charge in [-0.1, -0.05) is 18.2 Å². The number of carbonyl (C=O) groups is 1. The van der Waals surface area contributed by atoms with E-state index in [4.69, 9.17) is 5.73 Å². The summed E-state index contributed by atoms with van der Waals surface area (Å²) in [7, 11) is 0. The normalized spacial score (nSPS) is 13.3. The van der Waals surface area contributed by atoms with Crippen LogP contribution in [-0.2, 0) is 6.42 Å². The number of amides is 1. The van der Waals surface area contributed by atoms with Crippen LogP contribution in [0.4, 0.5) is 4.79 Å². The van der Waals surface area contributed by atoms with E-state index >= 15 is 0 Å². The van der Waals surface area contributed by atoms with Gasteiger partial charge in [-0.2, -0.15) is 0 Å². The Morgan fingerprint density at radius 1 is 1.38 bits per heavy atom. The lowest BCUT2D eigenvalue weighted by molar-refractivity contribution is 0.0960. The van der Waals surface area contributed by atoms with Gasteiger partial charge in [-0.25, -0.2) is 4.79 Å². The molecular formula is C16H23N3O2. The molecule has 1 aromatic heterocycles. The van der Waals surface area contributed by atoms with Gasteiger partial charge < -0.3 is 20.7 Å². The van der Waals surface area contributed by atoms with E-state index in [0.717, 1.165) is 16.5 Å². The lowest BCUT2D eigenvalue weighted by Crippen LogP contribution is -2.50. The van der Waals surface area contributed by atoms with Crippen LogP contribution >= 0.6 is 0 Å². The second-order valence-electron chi connectivity index (χ2n) is 6.39. The van der Waals surface area contributed by atoms with Crippen molar-refractivity contribution in [2.45, 2.75) is 38.8 Å². The molecule has 1 aromatic carbocycles. The van der Waals surface area contributed by atoms with Crippen molar-refractivity contribution in [2.24, 2.45) is 5.73 Å². The van der Waals surface area contributed by atoms with Gasteiger partial charge in [0.1, 0.15) is 0 Å². The van der Waals surface area contributed by atoms with Crippen molar-refractivity contribution >= 4 is 17.0 Å². The molecule has 0 bridgehead atoms. The number of hydrogen-bond acceptors (Lipinski definition) is 2. The van der Waals surface area contributed by atoms with Crippen LogP contribution in [0.2, 0.25) is 0 Å². The highest BCUT2D eigenvalue weighted by Gasteiger charge is 2.27. The van der Waals surface area contributed by atoms with E-state index in [2.05, 4.69) is 4.98 Å². The third-order valence-electron chi connectivity index (χ3n) is 3.61. The summed E-state index contributed by atoms with van der Waals surface area (Å²) in [6, 6.07) is 7.80. The molecule has 0 saturated heterocycles. The quantitative estimate of drug-likeness (QED) is 0.809. The largest absolute Gasteiger partial charge is 0.465 e. The van der Waals surface area contributed by atoms with Crippen molar-refractivity contribution in [3.8, 4) is 0 Å². The van der Waals surface area contributed by atoms with Crippen LogP contribution in [-0.4, -0.2) is 39.2 Å². The average molecular weight is 289 g/mol. The Labute approximate surface area is 124 Å². The molecule has 0 aliphatic heterocycles. The molecule has 1 heterocycles. The zero-order valence-corrected chi connectivity index (χ0v) is 12.8. The Hall–Kier alpha value is -2.01. The monoisotopic (exact) mass is 289 g/mol. The number of benzene rings is 1. The molecule has 1 amide bonds. The van der Waals surface area contributed by atoms with Crippen LogP contribution < -0.4 is 5.73 Å². The Morgan fingerprint density at radius 2 is 2.05 bits per heavy atom. The summed E-state index contributed by atoms with van der Waals surface area (Å²) in [5.74, 6) is 0. The molecule has 1 atom stereocenters. The van der Waals surface area contributed by atoms with Crippen molar-refractivity contribution < 1.29 is 9.90 Å². The standard InChI is InChI=1S/C16H23N3O2/c1-16(2,3)19(15(20)21)10-12(17)8-11-9-18-14-7-5-4-6-13(11)14/h4-7,9,12,18H,8,10,17H2,1-3H3,(H,20,21)/t12-/m0/s1. The van der Waals surface area contributed by atoms with Crippen LogP contribution in [0.25, 0.3) is 10.9 Å². The van der Waals surface area contributed by atoms with E-state index in [9.17, 15) is 9.90 Å². The summed E-state index contributed by atoms with van der Waals surface area (Å²) in [5, 5.41) is 10.5.